The van der Waals surface area contributed by atoms with Gasteiger partial charge in [0.15, 0.2) is 0 Å². The zero-order valence-corrected chi connectivity index (χ0v) is 13.3. The average Bonchev–Trinajstić information content (AvgIpc) is 2.79. The molecule has 0 N–H and O–H groups in total. The fourth-order valence-corrected chi connectivity index (χ4v) is 3.54. The molecular weight excluding hydrogens is 312 g/mol. The molecule has 0 atom stereocenters. The van der Waals surface area contributed by atoms with Crippen molar-refractivity contribution in [1.82, 2.24) is 18.6 Å². The third kappa shape index (κ3) is 3.37. The highest BCUT2D eigenvalue weighted by atomic mass is 35.5. The average molecular weight is 329 g/mol. The summed E-state index contributed by atoms with van der Waals surface area (Å²) in [7, 11) is -3.08. The van der Waals surface area contributed by atoms with Crippen LogP contribution in [-0.2, 0) is 16.6 Å². The summed E-state index contributed by atoms with van der Waals surface area (Å²) in [5.41, 5.74) is 1.83. The van der Waals surface area contributed by atoms with E-state index < -0.39 is 10.0 Å². The van der Waals surface area contributed by atoms with Crippen LogP contribution in [0, 0.1) is 0 Å². The van der Waals surface area contributed by atoms with Crippen LogP contribution in [0.3, 0.4) is 0 Å². The summed E-state index contributed by atoms with van der Waals surface area (Å²) in [6, 6.07) is 3.70. The second-order valence-corrected chi connectivity index (χ2v) is 7.70. The van der Waals surface area contributed by atoms with Crippen LogP contribution in [0.25, 0.3) is 5.65 Å². The molecule has 114 valence electrons. The van der Waals surface area contributed by atoms with Gasteiger partial charge in [-0.25, -0.2) is 13.4 Å². The van der Waals surface area contributed by atoms with E-state index in [9.17, 15) is 8.42 Å². The number of pyridine rings is 1. The number of aromatic nitrogens is 2. The molecule has 8 heteroatoms. The maximum absolute atomic E-state index is 11.5. The topological polar surface area (TPSA) is 57.9 Å². The van der Waals surface area contributed by atoms with Crippen molar-refractivity contribution in [2.45, 2.75) is 6.54 Å². The highest BCUT2D eigenvalue weighted by molar-refractivity contribution is 7.88. The molecule has 3 rings (SSSR count). The third-order valence-electron chi connectivity index (χ3n) is 3.65. The van der Waals surface area contributed by atoms with E-state index >= 15 is 0 Å². The first-order valence-electron chi connectivity index (χ1n) is 6.72. The van der Waals surface area contributed by atoms with E-state index in [1.165, 1.54) is 10.6 Å². The van der Waals surface area contributed by atoms with Crippen LogP contribution in [0.2, 0.25) is 5.02 Å². The standard InChI is InChI=1S/C13H17ClN4O2S/c1-21(19,20)18-6-4-16(5-7-18)9-12-10-17-8-11(14)2-3-13(17)15-12/h2-3,8,10H,4-7,9H2,1H3. The van der Waals surface area contributed by atoms with Crippen molar-refractivity contribution in [3.8, 4) is 0 Å². The minimum absolute atomic E-state index is 0.540. The van der Waals surface area contributed by atoms with Gasteiger partial charge in [0.25, 0.3) is 0 Å². The van der Waals surface area contributed by atoms with Crippen LogP contribution in [-0.4, -0.2) is 59.4 Å². The molecule has 0 saturated carbocycles. The molecule has 3 heterocycles. The van der Waals surface area contributed by atoms with Gasteiger partial charge in [-0.2, -0.15) is 4.31 Å². The first kappa shape index (κ1) is 14.8. The molecule has 21 heavy (non-hydrogen) atoms. The molecule has 1 aliphatic rings. The molecule has 0 bridgehead atoms. The number of hydrogen-bond donors (Lipinski definition) is 0. The van der Waals surface area contributed by atoms with E-state index in [2.05, 4.69) is 9.88 Å². The number of hydrogen-bond acceptors (Lipinski definition) is 4. The molecule has 0 unspecified atom stereocenters. The van der Waals surface area contributed by atoms with Gasteiger partial charge in [0.1, 0.15) is 5.65 Å². The highest BCUT2D eigenvalue weighted by Gasteiger charge is 2.23. The lowest BCUT2D eigenvalue weighted by Gasteiger charge is -2.32. The van der Waals surface area contributed by atoms with Crippen molar-refractivity contribution >= 4 is 27.3 Å². The van der Waals surface area contributed by atoms with Crippen LogP contribution >= 0.6 is 11.6 Å². The molecule has 1 saturated heterocycles. The minimum atomic E-state index is -3.08. The molecule has 0 amide bonds. The lowest BCUT2D eigenvalue weighted by atomic mass is 10.3. The Kier molecular flexibility index (Phi) is 3.92. The Morgan fingerprint density at radius 2 is 1.90 bits per heavy atom. The number of rotatable bonds is 3. The highest BCUT2D eigenvalue weighted by Crippen LogP contribution is 2.14. The SMILES string of the molecule is CS(=O)(=O)N1CCN(Cc2cn3cc(Cl)ccc3n2)CC1. The Balaban J connectivity index is 1.67. The van der Waals surface area contributed by atoms with Gasteiger partial charge >= 0.3 is 0 Å². The van der Waals surface area contributed by atoms with Gasteiger partial charge in [0, 0.05) is 45.1 Å². The second kappa shape index (κ2) is 5.57. The summed E-state index contributed by atoms with van der Waals surface area (Å²) >= 11 is 5.96. The quantitative estimate of drug-likeness (QED) is 0.845. The Labute approximate surface area is 129 Å². The number of sulfonamides is 1. The number of nitrogens with zero attached hydrogens (tertiary/aromatic N) is 4. The van der Waals surface area contributed by atoms with Gasteiger partial charge in [0.05, 0.1) is 17.0 Å². The van der Waals surface area contributed by atoms with Gasteiger partial charge in [-0.15, -0.1) is 0 Å². The lowest BCUT2D eigenvalue weighted by Crippen LogP contribution is -2.47. The van der Waals surface area contributed by atoms with Crippen molar-refractivity contribution in [2.24, 2.45) is 0 Å². The van der Waals surface area contributed by atoms with Crippen LogP contribution in [0.15, 0.2) is 24.5 Å². The third-order valence-corrected chi connectivity index (χ3v) is 5.18. The Bertz CT molecular complexity index is 751. The summed E-state index contributed by atoms with van der Waals surface area (Å²) in [6.45, 7) is 3.25. The smallest absolute Gasteiger partial charge is 0.211 e. The molecule has 6 nitrogen and oxygen atoms in total. The molecule has 2 aromatic heterocycles. The van der Waals surface area contributed by atoms with Gasteiger partial charge in [-0.05, 0) is 12.1 Å². The number of fused-ring (bicyclic) bond motifs is 1. The van der Waals surface area contributed by atoms with Gasteiger partial charge in [0.2, 0.25) is 10.0 Å². The van der Waals surface area contributed by atoms with Crippen molar-refractivity contribution in [3.63, 3.8) is 0 Å². The first-order chi connectivity index (χ1) is 9.91. The monoisotopic (exact) mass is 328 g/mol. The largest absolute Gasteiger partial charge is 0.305 e. The summed E-state index contributed by atoms with van der Waals surface area (Å²) in [5, 5.41) is 0.674. The molecule has 1 fully saturated rings. The van der Waals surface area contributed by atoms with Gasteiger partial charge < -0.3 is 4.40 Å². The van der Waals surface area contributed by atoms with E-state index in [1.54, 1.807) is 0 Å². The maximum Gasteiger partial charge on any atom is 0.211 e. The Morgan fingerprint density at radius 3 is 2.57 bits per heavy atom. The lowest BCUT2D eigenvalue weighted by molar-refractivity contribution is 0.180. The Hall–Kier alpha value is -1.15. The number of imidazole rings is 1. The van der Waals surface area contributed by atoms with Crippen molar-refractivity contribution in [3.05, 3.63) is 35.2 Å². The molecule has 0 aliphatic carbocycles. The van der Waals surface area contributed by atoms with E-state index in [4.69, 9.17) is 11.6 Å². The van der Waals surface area contributed by atoms with Crippen molar-refractivity contribution < 1.29 is 8.42 Å². The summed E-state index contributed by atoms with van der Waals surface area (Å²) in [5.74, 6) is 0. The maximum atomic E-state index is 11.5. The molecular formula is C13H17ClN4O2S. The van der Waals surface area contributed by atoms with E-state index in [0.717, 1.165) is 31.0 Å². The summed E-state index contributed by atoms with van der Waals surface area (Å²) in [6.07, 6.45) is 5.05. The predicted molar refractivity (Wildman–Crippen MR) is 81.9 cm³/mol. The van der Waals surface area contributed by atoms with E-state index in [0.29, 0.717) is 18.1 Å². The molecule has 2 aromatic rings. The second-order valence-electron chi connectivity index (χ2n) is 5.28. The first-order valence-corrected chi connectivity index (χ1v) is 8.95. The van der Waals surface area contributed by atoms with E-state index in [-0.39, 0.29) is 0 Å². The van der Waals surface area contributed by atoms with Gasteiger partial charge in [-0.3, -0.25) is 4.90 Å². The van der Waals surface area contributed by atoms with Gasteiger partial charge in [-0.1, -0.05) is 11.6 Å². The molecule has 0 aromatic carbocycles. The number of piperazine rings is 1. The van der Waals surface area contributed by atoms with Crippen molar-refractivity contribution in [2.75, 3.05) is 32.4 Å². The van der Waals surface area contributed by atoms with Crippen molar-refractivity contribution in [1.29, 1.82) is 0 Å². The molecule has 0 spiro atoms. The zero-order valence-electron chi connectivity index (χ0n) is 11.7. The fourth-order valence-electron chi connectivity index (χ4n) is 2.54. The summed E-state index contributed by atoms with van der Waals surface area (Å²) in [4.78, 5) is 6.76. The Morgan fingerprint density at radius 1 is 1.19 bits per heavy atom. The number of halogens is 1. The van der Waals surface area contributed by atoms with Crippen LogP contribution in [0.5, 0.6) is 0 Å². The molecule has 0 radical (unpaired) electrons. The zero-order chi connectivity index (χ0) is 15.0. The predicted octanol–water partition coefficient (Wildman–Crippen LogP) is 1.06. The van der Waals surface area contributed by atoms with Crippen LogP contribution in [0.1, 0.15) is 5.69 Å². The summed E-state index contributed by atoms with van der Waals surface area (Å²) < 4.78 is 26.4. The normalized spacial score (nSPS) is 18.4. The van der Waals surface area contributed by atoms with E-state index in [1.807, 2.05) is 28.9 Å². The van der Waals surface area contributed by atoms with Crippen LogP contribution < -0.4 is 0 Å². The van der Waals surface area contributed by atoms with Crippen LogP contribution in [0.4, 0.5) is 0 Å². The fraction of sp³-hybridized carbons (Fsp3) is 0.462. The minimum Gasteiger partial charge on any atom is -0.305 e. The molecule has 1 aliphatic heterocycles.